The van der Waals surface area contributed by atoms with Gasteiger partial charge in [0.1, 0.15) is 5.82 Å². The van der Waals surface area contributed by atoms with Crippen molar-refractivity contribution in [3.8, 4) is 0 Å². The molecule has 1 unspecified atom stereocenters. The Morgan fingerprint density at radius 3 is 2.55 bits per heavy atom. The molecular formula is C12H11F4N3S. The Morgan fingerprint density at radius 1 is 1.35 bits per heavy atom. The predicted octanol–water partition coefficient (Wildman–Crippen LogP) is 3.16. The summed E-state index contributed by atoms with van der Waals surface area (Å²) in [6.07, 6.45) is -3.36. The van der Waals surface area contributed by atoms with E-state index >= 15 is 0 Å². The number of rotatable bonds is 3. The molecule has 108 valence electrons. The summed E-state index contributed by atoms with van der Waals surface area (Å²) in [7, 11) is 0. The van der Waals surface area contributed by atoms with Crippen LogP contribution in [-0.2, 0) is 6.18 Å². The maximum absolute atomic E-state index is 13.1. The molecule has 0 fully saturated rings. The number of thiazole rings is 1. The molecule has 0 aliphatic rings. The maximum Gasteiger partial charge on any atom is 0.443 e. The molecular weight excluding hydrogens is 294 g/mol. The van der Waals surface area contributed by atoms with Crippen molar-refractivity contribution >= 4 is 11.3 Å². The smallest absolute Gasteiger partial charge is 0.271 e. The van der Waals surface area contributed by atoms with Crippen LogP contribution in [0.5, 0.6) is 0 Å². The van der Waals surface area contributed by atoms with Crippen LogP contribution in [0.25, 0.3) is 0 Å². The summed E-state index contributed by atoms with van der Waals surface area (Å²) in [6.45, 7) is 1.66. The molecule has 1 aromatic heterocycles. The standard InChI is InChI=1S/C12H11F4N3S/c1-6-4-7(13)2-3-8(6)10(19-17)9-5-18-11(20-9)12(14,15)16/h2-5,10,19H,17H2,1H3. The topological polar surface area (TPSA) is 50.9 Å². The van der Waals surface area contributed by atoms with Crippen LogP contribution < -0.4 is 11.3 Å². The first kappa shape index (κ1) is 14.9. The summed E-state index contributed by atoms with van der Waals surface area (Å²) >= 11 is 0.508. The molecule has 0 radical (unpaired) electrons. The van der Waals surface area contributed by atoms with Crippen LogP contribution in [-0.4, -0.2) is 4.98 Å². The molecule has 2 aromatic rings. The van der Waals surface area contributed by atoms with Crippen LogP contribution in [0.3, 0.4) is 0 Å². The number of alkyl halides is 3. The van der Waals surface area contributed by atoms with E-state index in [1.165, 1.54) is 18.2 Å². The van der Waals surface area contributed by atoms with Crippen molar-refractivity contribution in [1.29, 1.82) is 0 Å². The van der Waals surface area contributed by atoms with E-state index in [2.05, 4.69) is 10.4 Å². The highest BCUT2D eigenvalue weighted by atomic mass is 32.1. The van der Waals surface area contributed by atoms with Crippen LogP contribution in [0.4, 0.5) is 17.6 Å². The summed E-state index contributed by atoms with van der Waals surface area (Å²) in [4.78, 5) is 3.67. The fraction of sp³-hybridized carbons (Fsp3) is 0.250. The van der Waals surface area contributed by atoms with Gasteiger partial charge in [-0.05, 0) is 30.2 Å². The minimum absolute atomic E-state index is 0.314. The number of benzene rings is 1. The lowest BCUT2D eigenvalue weighted by Gasteiger charge is -2.16. The van der Waals surface area contributed by atoms with Gasteiger partial charge in [0.15, 0.2) is 5.01 Å². The third kappa shape index (κ3) is 2.97. The number of halogens is 4. The van der Waals surface area contributed by atoms with E-state index in [9.17, 15) is 17.6 Å². The van der Waals surface area contributed by atoms with Crippen molar-refractivity contribution < 1.29 is 17.6 Å². The van der Waals surface area contributed by atoms with Crippen molar-refractivity contribution in [3.05, 3.63) is 51.2 Å². The third-order valence-corrected chi connectivity index (χ3v) is 3.87. The number of aromatic nitrogens is 1. The maximum atomic E-state index is 13.1. The monoisotopic (exact) mass is 305 g/mol. The summed E-state index contributed by atoms with van der Waals surface area (Å²) in [5.74, 6) is 5.00. The lowest BCUT2D eigenvalue weighted by molar-refractivity contribution is -0.137. The number of hydrazine groups is 1. The van der Waals surface area contributed by atoms with E-state index in [1.807, 2.05) is 0 Å². The number of hydrogen-bond acceptors (Lipinski definition) is 4. The van der Waals surface area contributed by atoms with Crippen molar-refractivity contribution in [2.75, 3.05) is 0 Å². The number of nitrogens with two attached hydrogens (primary N) is 1. The predicted molar refractivity (Wildman–Crippen MR) is 67.4 cm³/mol. The zero-order valence-electron chi connectivity index (χ0n) is 10.3. The van der Waals surface area contributed by atoms with E-state index < -0.39 is 23.0 Å². The molecule has 1 atom stereocenters. The normalized spacial score (nSPS) is 13.5. The van der Waals surface area contributed by atoms with Crippen LogP contribution in [0.1, 0.15) is 27.1 Å². The van der Waals surface area contributed by atoms with Gasteiger partial charge < -0.3 is 0 Å². The summed E-state index contributed by atoms with van der Waals surface area (Å²) < 4.78 is 50.7. The number of aryl methyl sites for hydroxylation is 1. The lowest BCUT2D eigenvalue weighted by Crippen LogP contribution is -2.28. The largest absolute Gasteiger partial charge is 0.443 e. The molecule has 0 aliphatic heterocycles. The minimum Gasteiger partial charge on any atom is -0.271 e. The van der Waals surface area contributed by atoms with E-state index in [-0.39, 0.29) is 0 Å². The molecule has 0 spiro atoms. The molecule has 0 aliphatic carbocycles. The second-order valence-corrected chi connectivity index (χ2v) is 5.23. The zero-order valence-corrected chi connectivity index (χ0v) is 11.1. The first-order valence-corrected chi connectivity index (χ1v) is 6.39. The molecule has 0 saturated carbocycles. The van der Waals surface area contributed by atoms with Crippen LogP contribution in [0, 0.1) is 12.7 Å². The second-order valence-electron chi connectivity index (χ2n) is 4.17. The molecule has 1 heterocycles. The third-order valence-electron chi connectivity index (χ3n) is 2.76. The molecule has 3 nitrogen and oxygen atoms in total. The van der Waals surface area contributed by atoms with E-state index in [1.54, 1.807) is 6.92 Å². The second kappa shape index (κ2) is 5.47. The van der Waals surface area contributed by atoms with Gasteiger partial charge in [-0.2, -0.15) is 13.2 Å². The molecule has 0 saturated heterocycles. The Hall–Kier alpha value is -1.51. The van der Waals surface area contributed by atoms with E-state index in [0.717, 1.165) is 6.20 Å². The van der Waals surface area contributed by atoms with Crippen LogP contribution in [0.15, 0.2) is 24.4 Å². The highest BCUT2D eigenvalue weighted by Crippen LogP contribution is 2.36. The van der Waals surface area contributed by atoms with Crippen LogP contribution in [0.2, 0.25) is 0 Å². The van der Waals surface area contributed by atoms with Crippen molar-refractivity contribution in [2.24, 2.45) is 5.84 Å². The number of nitrogens with one attached hydrogen (secondary N) is 1. The molecule has 20 heavy (non-hydrogen) atoms. The van der Waals surface area contributed by atoms with E-state index in [0.29, 0.717) is 27.3 Å². The lowest BCUT2D eigenvalue weighted by atomic mass is 10.0. The Labute approximate surface area is 116 Å². The SMILES string of the molecule is Cc1cc(F)ccc1C(NN)c1cnc(C(F)(F)F)s1. The molecule has 8 heteroatoms. The molecule has 1 aromatic carbocycles. The zero-order chi connectivity index (χ0) is 14.9. The molecule has 0 bridgehead atoms. The Balaban J connectivity index is 2.40. The fourth-order valence-electron chi connectivity index (χ4n) is 1.84. The summed E-state index contributed by atoms with van der Waals surface area (Å²) in [5, 5.41) is -0.937. The summed E-state index contributed by atoms with van der Waals surface area (Å²) in [5.41, 5.74) is 3.64. The number of hydrogen-bond donors (Lipinski definition) is 2. The van der Waals surface area contributed by atoms with Crippen molar-refractivity contribution in [1.82, 2.24) is 10.4 Å². The molecule has 0 amide bonds. The minimum atomic E-state index is -4.49. The van der Waals surface area contributed by atoms with Gasteiger partial charge in [-0.25, -0.2) is 14.8 Å². The van der Waals surface area contributed by atoms with Gasteiger partial charge in [-0.3, -0.25) is 5.84 Å². The van der Waals surface area contributed by atoms with Gasteiger partial charge in [0.2, 0.25) is 0 Å². The van der Waals surface area contributed by atoms with Gasteiger partial charge in [-0.1, -0.05) is 6.07 Å². The quantitative estimate of drug-likeness (QED) is 0.520. The van der Waals surface area contributed by atoms with Gasteiger partial charge in [0.05, 0.1) is 6.04 Å². The van der Waals surface area contributed by atoms with Gasteiger partial charge in [-0.15, -0.1) is 11.3 Å². The molecule has 3 N–H and O–H groups in total. The number of nitrogens with zero attached hydrogens (tertiary/aromatic N) is 1. The van der Waals surface area contributed by atoms with Crippen molar-refractivity contribution in [2.45, 2.75) is 19.1 Å². The Morgan fingerprint density at radius 2 is 2.05 bits per heavy atom. The fourth-order valence-corrected chi connectivity index (χ4v) is 2.70. The first-order valence-electron chi connectivity index (χ1n) is 5.58. The average Bonchev–Trinajstić information content (AvgIpc) is 2.82. The van der Waals surface area contributed by atoms with Gasteiger partial charge >= 0.3 is 6.18 Å². The Bertz CT molecular complexity index is 609. The van der Waals surface area contributed by atoms with Crippen LogP contribution >= 0.6 is 11.3 Å². The average molecular weight is 305 g/mol. The highest BCUT2D eigenvalue weighted by Gasteiger charge is 2.35. The van der Waals surface area contributed by atoms with E-state index in [4.69, 9.17) is 5.84 Å². The van der Waals surface area contributed by atoms with Crippen molar-refractivity contribution in [3.63, 3.8) is 0 Å². The first-order chi connectivity index (χ1) is 9.32. The van der Waals surface area contributed by atoms with Gasteiger partial charge in [0, 0.05) is 11.1 Å². The Kier molecular flexibility index (Phi) is 4.07. The van der Waals surface area contributed by atoms with Gasteiger partial charge in [0.25, 0.3) is 0 Å². The highest BCUT2D eigenvalue weighted by molar-refractivity contribution is 7.11. The summed E-state index contributed by atoms with van der Waals surface area (Å²) in [6, 6.07) is 3.36. The molecule has 2 rings (SSSR count).